The molecule has 0 fully saturated rings. The van der Waals surface area contributed by atoms with Crippen molar-refractivity contribution in [3.8, 4) is 11.5 Å². The molecule has 0 saturated carbocycles. The van der Waals surface area contributed by atoms with Crippen molar-refractivity contribution in [3.63, 3.8) is 0 Å². The fourth-order valence-corrected chi connectivity index (χ4v) is 2.04. The number of carbonyl (C=O) groups is 1. The highest BCUT2D eigenvalue weighted by atomic mass is 16.5. The van der Waals surface area contributed by atoms with E-state index in [4.69, 9.17) is 13.9 Å². The number of ether oxygens (including phenoxy) is 2. The Morgan fingerprint density at radius 1 is 1.26 bits per heavy atom. The number of methoxy groups -OCH3 is 2. The van der Waals surface area contributed by atoms with Gasteiger partial charge in [-0.15, -0.1) is 0 Å². The van der Waals surface area contributed by atoms with Gasteiger partial charge >= 0.3 is 6.03 Å². The Labute approximate surface area is 134 Å². The van der Waals surface area contributed by atoms with Crippen LogP contribution in [-0.4, -0.2) is 31.9 Å². The number of nitrogens with one attached hydrogen (secondary N) is 2. The number of rotatable bonds is 7. The van der Waals surface area contributed by atoms with Gasteiger partial charge in [0.2, 0.25) is 0 Å². The van der Waals surface area contributed by atoms with Crippen molar-refractivity contribution in [2.24, 2.45) is 0 Å². The lowest BCUT2D eigenvalue weighted by atomic mass is 10.1. The van der Waals surface area contributed by atoms with E-state index in [1.165, 1.54) is 13.4 Å². The van der Waals surface area contributed by atoms with Crippen molar-refractivity contribution >= 4 is 6.03 Å². The molecule has 7 heteroatoms. The highest BCUT2D eigenvalue weighted by molar-refractivity contribution is 5.73. The Morgan fingerprint density at radius 2 is 2.09 bits per heavy atom. The van der Waals surface area contributed by atoms with Crippen LogP contribution in [0.3, 0.4) is 0 Å². The van der Waals surface area contributed by atoms with Gasteiger partial charge in [-0.1, -0.05) is 0 Å². The van der Waals surface area contributed by atoms with Gasteiger partial charge < -0.3 is 29.6 Å². The summed E-state index contributed by atoms with van der Waals surface area (Å²) in [6.45, 7) is 0.391. The Morgan fingerprint density at radius 3 is 2.74 bits per heavy atom. The average molecular weight is 320 g/mol. The molecule has 23 heavy (non-hydrogen) atoms. The molecule has 0 radical (unpaired) electrons. The number of hydrogen-bond acceptors (Lipinski definition) is 5. The lowest BCUT2D eigenvalue weighted by Crippen LogP contribution is -2.37. The predicted octanol–water partition coefficient (Wildman–Crippen LogP) is 1.83. The second kappa shape index (κ2) is 8.09. The summed E-state index contributed by atoms with van der Waals surface area (Å²) >= 11 is 0. The molecule has 2 aromatic rings. The maximum Gasteiger partial charge on any atom is 0.315 e. The highest BCUT2D eigenvalue weighted by Gasteiger charge is 2.15. The first-order chi connectivity index (χ1) is 11.1. The van der Waals surface area contributed by atoms with Crippen molar-refractivity contribution in [1.82, 2.24) is 10.6 Å². The fraction of sp³-hybridized carbons (Fsp3) is 0.312. The van der Waals surface area contributed by atoms with Gasteiger partial charge in [-0.05, 0) is 24.3 Å². The van der Waals surface area contributed by atoms with Crippen LogP contribution in [0.4, 0.5) is 4.79 Å². The van der Waals surface area contributed by atoms with Crippen LogP contribution in [0, 0.1) is 0 Å². The zero-order valence-electron chi connectivity index (χ0n) is 13.0. The second-order valence-corrected chi connectivity index (χ2v) is 4.82. The molecule has 3 N–H and O–H groups in total. The van der Waals surface area contributed by atoms with Gasteiger partial charge in [-0.25, -0.2) is 4.79 Å². The Bertz CT molecular complexity index is 627. The number of aliphatic hydroxyl groups is 1. The molecule has 7 nitrogen and oxygen atoms in total. The van der Waals surface area contributed by atoms with E-state index in [1.54, 1.807) is 37.6 Å². The van der Waals surface area contributed by atoms with Gasteiger partial charge in [0.1, 0.15) is 17.6 Å². The molecule has 0 spiro atoms. The highest BCUT2D eigenvalue weighted by Crippen LogP contribution is 2.28. The van der Waals surface area contributed by atoms with Crippen LogP contribution in [-0.2, 0) is 6.54 Å². The van der Waals surface area contributed by atoms with E-state index >= 15 is 0 Å². The zero-order valence-corrected chi connectivity index (χ0v) is 13.0. The van der Waals surface area contributed by atoms with Crippen molar-refractivity contribution in [3.05, 3.63) is 47.9 Å². The van der Waals surface area contributed by atoms with Crippen LogP contribution < -0.4 is 20.1 Å². The summed E-state index contributed by atoms with van der Waals surface area (Å²) in [5.74, 6) is 1.13. The first-order valence-electron chi connectivity index (χ1n) is 7.06. The summed E-state index contributed by atoms with van der Waals surface area (Å²) in [6.07, 6.45) is 2.17. The van der Waals surface area contributed by atoms with E-state index < -0.39 is 6.10 Å². The lowest BCUT2D eigenvalue weighted by molar-refractivity contribution is 0.169. The maximum absolute atomic E-state index is 11.7. The first kappa shape index (κ1) is 16.7. The van der Waals surface area contributed by atoms with Gasteiger partial charge in [-0.3, -0.25) is 0 Å². The molecule has 0 bridgehead atoms. The summed E-state index contributed by atoms with van der Waals surface area (Å²) in [5.41, 5.74) is 1.40. The van der Waals surface area contributed by atoms with E-state index in [1.807, 2.05) is 0 Å². The van der Waals surface area contributed by atoms with Crippen molar-refractivity contribution < 1.29 is 23.8 Å². The SMILES string of the molecule is COc1ccc(OC)c([C@@H](O)CNC(=O)NCc2ccoc2)c1. The molecule has 0 aliphatic carbocycles. The number of urea groups is 1. The summed E-state index contributed by atoms with van der Waals surface area (Å²) in [5, 5.41) is 15.5. The molecule has 1 atom stereocenters. The molecule has 1 aromatic carbocycles. The minimum Gasteiger partial charge on any atom is -0.497 e. The molecule has 1 heterocycles. The number of furan rings is 1. The lowest BCUT2D eigenvalue weighted by Gasteiger charge is -2.16. The summed E-state index contributed by atoms with van der Waals surface area (Å²) in [7, 11) is 3.06. The molecule has 2 rings (SSSR count). The van der Waals surface area contributed by atoms with Crippen molar-refractivity contribution in [1.29, 1.82) is 0 Å². The Balaban J connectivity index is 1.88. The number of aliphatic hydroxyl groups excluding tert-OH is 1. The van der Waals surface area contributed by atoms with Gasteiger partial charge in [0.25, 0.3) is 0 Å². The predicted molar refractivity (Wildman–Crippen MR) is 83.5 cm³/mol. The van der Waals surface area contributed by atoms with E-state index in [9.17, 15) is 9.90 Å². The molecule has 0 saturated heterocycles. The largest absolute Gasteiger partial charge is 0.497 e. The molecule has 0 aliphatic heterocycles. The molecular weight excluding hydrogens is 300 g/mol. The molecule has 0 unspecified atom stereocenters. The number of hydrogen-bond donors (Lipinski definition) is 3. The number of amides is 2. The topological polar surface area (TPSA) is 93.0 Å². The monoisotopic (exact) mass is 320 g/mol. The molecule has 1 aromatic heterocycles. The van der Waals surface area contributed by atoms with Crippen molar-refractivity contribution in [2.75, 3.05) is 20.8 Å². The van der Waals surface area contributed by atoms with Crippen LogP contribution in [0.5, 0.6) is 11.5 Å². The van der Waals surface area contributed by atoms with E-state index in [0.717, 1.165) is 5.56 Å². The summed E-state index contributed by atoms with van der Waals surface area (Å²) in [6, 6.07) is 6.49. The third kappa shape index (κ3) is 4.65. The van der Waals surface area contributed by atoms with E-state index in [2.05, 4.69) is 10.6 Å². The van der Waals surface area contributed by atoms with Gasteiger partial charge in [-0.2, -0.15) is 0 Å². The van der Waals surface area contributed by atoms with Gasteiger partial charge in [0.05, 0.1) is 26.7 Å². The minimum atomic E-state index is -0.917. The maximum atomic E-state index is 11.7. The number of benzene rings is 1. The molecule has 124 valence electrons. The fourth-order valence-electron chi connectivity index (χ4n) is 2.04. The van der Waals surface area contributed by atoms with E-state index in [-0.39, 0.29) is 12.6 Å². The third-order valence-electron chi connectivity index (χ3n) is 3.29. The quantitative estimate of drug-likeness (QED) is 0.724. The molecule has 2 amide bonds. The zero-order chi connectivity index (χ0) is 16.7. The standard InChI is InChI=1S/C16H20N2O5/c1-21-12-3-4-15(22-2)13(7-12)14(19)9-18-16(20)17-8-11-5-6-23-10-11/h3-7,10,14,19H,8-9H2,1-2H3,(H2,17,18,20)/t14-/m0/s1. The van der Waals surface area contributed by atoms with E-state index in [0.29, 0.717) is 23.6 Å². The normalized spacial score (nSPS) is 11.6. The smallest absolute Gasteiger partial charge is 0.315 e. The van der Waals surface area contributed by atoms with Crippen LogP contribution in [0.2, 0.25) is 0 Å². The summed E-state index contributed by atoms with van der Waals surface area (Å²) < 4.78 is 15.3. The average Bonchev–Trinajstić information content (AvgIpc) is 3.10. The Kier molecular flexibility index (Phi) is 5.87. The summed E-state index contributed by atoms with van der Waals surface area (Å²) in [4.78, 5) is 11.7. The number of carbonyl (C=O) groups excluding carboxylic acids is 1. The Hall–Kier alpha value is -2.67. The van der Waals surface area contributed by atoms with Gasteiger partial charge in [0, 0.05) is 24.2 Å². The van der Waals surface area contributed by atoms with Crippen LogP contribution >= 0.6 is 0 Å². The molecule has 0 aliphatic rings. The first-order valence-corrected chi connectivity index (χ1v) is 7.06. The minimum absolute atomic E-state index is 0.0424. The third-order valence-corrected chi connectivity index (χ3v) is 3.29. The van der Waals surface area contributed by atoms with Crippen LogP contribution in [0.1, 0.15) is 17.2 Å². The molecular formula is C16H20N2O5. The van der Waals surface area contributed by atoms with Crippen LogP contribution in [0.15, 0.2) is 41.2 Å². The second-order valence-electron chi connectivity index (χ2n) is 4.82. The van der Waals surface area contributed by atoms with Gasteiger partial charge in [0.15, 0.2) is 0 Å². The van der Waals surface area contributed by atoms with Crippen LogP contribution in [0.25, 0.3) is 0 Å². The van der Waals surface area contributed by atoms with Crippen molar-refractivity contribution in [2.45, 2.75) is 12.6 Å².